The van der Waals surface area contributed by atoms with Crippen LogP contribution in [0.1, 0.15) is 18.9 Å². The molecule has 0 bridgehead atoms. The summed E-state index contributed by atoms with van der Waals surface area (Å²) in [6.45, 7) is 3.54. The third kappa shape index (κ3) is 2.92. The quantitative estimate of drug-likeness (QED) is 0.832. The molecule has 2 unspecified atom stereocenters. The Morgan fingerprint density at radius 1 is 1.71 bits per heavy atom. The van der Waals surface area contributed by atoms with Crippen molar-refractivity contribution in [2.45, 2.75) is 25.1 Å². The Morgan fingerprint density at radius 2 is 2.53 bits per heavy atom. The standard InChI is InChI=1S/C12H18FN3O/c1-12(13,6-9-8-17-5-4-16-9)10-7-15-3-2-11(10)14/h2-3,7,9,16H,4-6,8H2,1H3,(H2,14,15). The van der Waals surface area contributed by atoms with E-state index in [4.69, 9.17) is 10.5 Å². The van der Waals surface area contributed by atoms with Gasteiger partial charge in [0.1, 0.15) is 5.67 Å². The molecule has 1 aliphatic rings. The van der Waals surface area contributed by atoms with Crippen molar-refractivity contribution in [2.75, 3.05) is 25.5 Å². The monoisotopic (exact) mass is 239 g/mol. The van der Waals surface area contributed by atoms with Crippen molar-refractivity contribution < 1.29 is 9.13 Å². The lowest BCUT2D eigenvalue weighted by atomic mass is 9.90. The van der Waals surface area contributed by atoms with Crippen LogP contribution in [0.15, 0.2) is 18.5 Å². The number of nitrogen functional groups attached to an aromatic ring is 1. The van der Waals surface area contributed by atoms with Crippen molar-refractivity contribution in [3.8, 4) is 0 Å². The molecule has 1 saturated heterocycles. The average molecular weight is 239 g/mol. The van der Waals surface area contributed by atoms with Gasteiger partial charge in [-0.15, -0.1) is 0 Å². The molecule has 0 amide bonds. The lowest BCUT2D eigenvalue weighted by Gasteiger charge is -2.30. The number of ether oxygens (including phenoxy) is 1. The van der Waals surface area contributed by atoms with E-state index in [0.29, 0.717) is 30.9 Å². The van der Waals surface area contributed by atoms with Crippen LogP contribution in [0.25, 0.3) is 0 Å². The van der Waals surface area contributed by atoms with E-state index >= 15 is 0 Å². The first-order valence-corrected chi connectivity index (χ1v) is 5.79. The van der Waals surface area contributed by atoms with Gasteiger partial charge in [0.2, 0.25) is 0 Å². The number of nitrogens with zero attached hydrogens (tertiary/aromatic N) is 1. The van der Waals surface area contributed by atoms with E-state index in [9.17, 15) is 4.39 Å². The fourth-order valence-corrected chi connectivity index (χ4v) is 2.16. The number of hydrogen-bond acceptors (Lipinski definition) is 4. The fourth-order valence-electron chi connectivity index (χ4n) is 2.16. The molecule has 2 rings (SSSR count). The number of aromatic nitrogens is 1. The molecule has 0 saturated carbocycles. The van der Waals surface area contributed by atoms with Gasteiger partial charge in [-0.25, -0.2) is 4.39 Å². The molecule has 4 nitrogen and oxygen atoms in total. The van der Waals surface area contributed by atoms with E-state index < -0.39 is 5.67 Å². The van der Waals surface area contributed by atoms with E-state index in [-0.39, 0.29) is 6.04 Å². The highest BCUT2D eigenvalue weighted by atomic mass is 19.1. The van der Waals surface area contributed by atoms with E-state index in [1.165, 1.54) is 13.1 Å². The Bertz CT molecular complexity index is 378. The van der Waals surface area contributed by atoms with Crippen molar-refractivity contribution in [3.63, 3.8) is 0 Å². The van der Waals surface area contributed by atoms with Crippen LogP contribution in [0.3, 0.4) is 0 Å². The number of halogens is 1. The molecule has 2 atom stereocenters. The number of hydrogen-bond donors (Lipinski definition) is 2. The van der Waals surface area contributed by atoms with Gasteiger partial charge in [-0.3, -0.25) is 4.98 Å². The number of anilines is 1. The first-order valence-electron chi connectivity index (χ1n) is 5.79. The highest BCUT2D eigenvalue weighted by Gasteiger charge is 2.32. The maximum Gasteiger partial charge on any atom is 0.138 e. The topological polar surface area (TPSA) is 60.2 Å². The van der Waals surface area contributed by atoms with E-state index in [1.807, 2.05) is 0 Å². The zero-order valence-electron chi connectivity index (χ0n) is 9.95. The number of pyridine rings is 1. The third-order valence-corrected chi connectivity index (χ3v) is 3.04. The zero-order chi connectivity index (χ0) is 12.3. The molecule has 0 aromatic carbocycles. The Balaban J connectivity index is 2.10. The molecular weight excluding hydrogens is 221 g/mol. The molecule has 5 heteroatoms. The van der Waals surface area contributed by atoms with Crippen molar-refractivity contribution in [3.05, 3.63) is 24.0 Å². The van der Waals surface area contributed by atoms with Gasteiger partial charge in [0.05, 0.1) is 13.2 Å². The van der Waals surface area contributed by atoms with Crippen LogP contribution < -0.4 is 11.1 Å². The summed E-state index contributed by atoms with van der Waals surface area (Å²) in [6, 6.07) is 1.65. The summed E-state index contributed by atoms with van der Waals surface area (Å²) < 4.78 is 20.0. The van der Waals surface area contributed by atoms with E-state index in [0.717, 1.165) is 6.54 Å². The minimum absolute atomic E-state index is 0.0263. The minimum atomic E-state index is -1.49. The van der Waals surface area contributed by atoms with Crippen LogP contribution in [-0.4, -0.2) is 30.8 Å². The highest BCUT2D eigenvalue weighted by molar-refractivity contribution is 5.47. The Hall–Kier alpha value is -1.20. The summed E-state index contributed by atoms with van der Waals surface area (Å²) in [4.78, 5) is 3.93. The second-order valence-electron chi connectivity index (χ2n) is 4.59. The maximum atomic E-state index is 14.7. The summed E-state index contributed by atoms with van der Waals surface area (Å²) in [5, 5.41) is 3.24. The summed E-state index contributed by atoms with van der Waals surface area (Å²) in [6.07, 6.45) is 3.40. The van der Waals surface area contributed by atoms with Gasteiger partial charge >= 0.3 is 0 Å². The SMILES string of the molecule is CC(F)(CC1COCCN1)c1cnccc1N. The molecule has 1 aromatic rings. The largest absolute Gasteiger partial charge is 0.398 e. The van der Waals surface area contributed by atoms with Crippen molar-refractivity contribution in [2.24, 2.45) is 0 Å². The average Bonchev–Trinajstić information content (AvgIpc) is 2.30. The van der Waals surface area contributed by atoms with Crippen LogP contribution in [0.2, 0.25) is 0 Å². The molecule has 2 heterocycles. The van der Waals surface area contributed by atoms with Crippen LogP contribution in [0.4, 0.5) is 10.1 Å². The Morgan fingerprint density at radius 3 is 3.18 bits per heavy atom. The Labute approximate surface area is 100 Å². The second-order valence-corrected chi connectivity index (χ2v) is 4.59. The summed E-state index contributed by atoms with van der Waals surface area (Å²) >= 11 is 0. The molecule has 3 N–H and O–H groups in total. The molecule has 17 heavy (non-hydrogen) atoms. The number of rotatable bonds is 3. The molecular formula is C12H18FN3O. The zero-order valence-corrected chi connectivity index (χ0v) is 9.95. The van der Waals surface area contributed by atoms with Gasteiger partial charge in [0, 0.05) is 42.7 Å². The first kappa shape index (κ1) is 12.3. The van der Waals surface area contributed by atoms with Crippen molar-refractivity contribution >= 4 is 5.69 Å². The molecule has 1 aromatic heterocycles. The molecule has 1 aliphatic heterocycles. The number of nitrogens with two attached hydrogens (primary N) is 1. The predicted molar refractivity (Wildman–Crippen MR) is 64.3 cm³/mol. The summed E-state index contributed by atoms with van der Waals surface area (Å²) in [5.41, 5.74) is 5.19. The Kier molecular flexibility index (Phi) is 3.59. The maximum absolute atomic E-state index is 14.7. The minimum Gasteiger partial charge on any atom is -0.398 e. The van der Waals surface area contributed by atoms with Gasteiger partial charge < -0.3 is 15.8 Å². The molecule has 0 radical (unpaired) electrons. The van der Waals surface area contributed by atoms with Crippen LogP contribution in [0.5, 0.6) is 0 Å². The van der Waals surface area contributed by atoms with Gasteiger partial charge in [0.25, 0.3) is 0 Å². The fraction of sp³-hybridized carbons (Fsp3) is 0.583. The number of nitrogens with one attached hydrogen (secondary N) is 1. The first-order chi connectivity index (χ1) is 8.09. The van der Waals surface area contributed by atoms with E-state index in [1.54, 1.807) is 12.3 Å². The number of alkyl halides is 1. The van der Waals surface area contributed by atoms with Crippen LogP contribution in [-0.2, 0) is 10.4 Å². The van der Waals surface area contributed by atoms with Crippen molar-refractivity contribution in [1.29, 1.82) is 0 Å². The predicted octanol–water partition coefficient (Wildman–Crippen LogP) is 1.23. The molecule has 0 aliphatic carbocycles. The summed E-state index contributed by atoms with van der Waals surface area (Å²) in [7, 11) is 0. The number of morpholine rings is 1. The summed E-state index contributed by atoms with van der Waals surface area (Å²) in [5.74, 6) is 0. The van der Waals surface area contributed by atoms with Gasteiger partial charge in [-0.1, -0.05) is 0 Å². The van der Waals surface area contributed by atoms with Crippen LogP contribution >= 0.6 is 0 Å². The molecule has 1 fully saturated rings. The second kappa shape index (κ2) is 4.98. The van der Waals surface area contributed by atoms with Gasteiger partial charge in [-0.2, -0.15) is 0 Å². The van der Waals surface area contributed by atoms with Crippen molar-refractivity contribution in [1.82, 2.24) is 10.3 Å². The molecule has 0 spiro atoms. The smallest absolute Gasteiger partial charge is 0.138 e. The van der Waals surface area contributed by atoms with Crippen LogP contribution in [0, 0.1) is 0 Å². The highest BCUT2D eigenvalue weighted by Crippen LogP contribution is 2.33. The molecule has 94 valence electrons. The normalized spacial score (nSPS) is 24.2. The van der Waals surface area contributed by atoms with E-state index in [2.05, 4.69) is 10.3 Å². The lowest BCUT2D eigenvalue weighted by molar-refractivity contribution is 0.0475. The lowest BCUT2D eigenvalue weighted by Crippen LogP contribution is -2.44. The van der Waals surface area contributed by atoms with Gasteiger partial charge in [0.15, 0.2) is 0 Å². The third-order valence-electron chi connectivity index (χ3n) is 3.04. The van der Waals surface area contributed by atoms with Gasteiger partial charge in [-0.05, 0) is 13.0 Å².